The molecule has 6 heteroatoms. The number of nitrogens with zero attached hydrogens (tertiary/aromatic N) is 2. The summed E-state index contributed by atoms with van der Waals surface area (Å²) in [6.07, 6.45) is -0.230. The van der Waals surface area contributed by atoms with Crippen LogP contribution in [-0.2, 0) is 11.2 Å². The van der Waals surface area contributed by atoms with Gasteiger partial charge >= 0.3 is 5.97 Å². The highest BCUT2D eigenvalue weighted by Gasteiger charge is 2.08. The molecule has 2 rings (SSSR count). The average Bonchev–Trinajstić information content (AvgIpc) is 2.15. The summed E-state index contributed by atoms with van der Waals surface area (Å²) in [6, 6.07) is 5.40. The van der Waals surface area contributed by atoms with Gasteiger partial charge in [0.1, 0.15) is 18.1 Å². The largest absolute Gasteiger partial charge is 0.481 e. The van der Waals surface area contributed by atoms with Gasteiger partial charge in [-0.3, -0.25) is 4.79 Å². The van der Waals surface area contributed by atoms with Gasteiger partial charge in [0, 0.05) is 9.86 Å². The zero-order chi connectivity index (χ0) is 11.7. The summed E-state index contributed by atoms with van der Waals surface area (Å²) in [5, 5.41) is 9.37. The Bertz CT molecular complexity index is 571. The average molecular weight is 282 g/mol. The van der Waals surface area contributed by atoms with Crippen molar-refractivity contribution in [2.75, 3.05) is 5.73 Å². The van der Waals surface area contributed by atoms with E-state index in [4.69, 9.17) is 10.8 Å². The number of carbonyl (C=O) groups is 1. The summed E-state index contributed by atoms with van der Waals surface area (Å²) in [7, 11) is 0. The fourth-order valence-corrected chi connectivity index (χ4v) is 1.74. The van der Waals surface area contributed by atoms with Crippen LogP contribution in [-0.4, -0.2) is 21.0 Å². The lowest BCUT2D eigenvalue weighted by Gasteiger charge is -2.04. The summed E-state index contributed by atoms with van der Waals surface area (Å²) in [6.45, 7) is 0. The lowest BCUT2D eigenvalue weighted by atomic mass is 10.2. The molecule has 0 bridgehead atoms. The highest BCUT2D eigenvalue weighted by Crippen LogP contribution is 2.21. The molecule has 1 aromatic carbocycles. The van der Waals surface area contributed by atoms with E-state index in [9.17, 15) is 4.79 Å². The third kappa shape index (κ3) is 2.11. The van der Waals surface area contributed by atoms with Gasteiger partial charge in [-0.25, -0.2) is 9.97 Å². The molecule has 2 aromatic rings. The number of anilines is 1. The van der Waals surface area contributed by atoms with E-state index in [1.165, 1.54) is 0 Å². The normalized spacial score (nSPS) is 10.6. The van der Waals surface area contributed by atoms with Crippen molar-refractivity contribution in [2.45, 2.75) is 6.42 Å². The molecule has 16 heavy (non-hydrogen) atoms. The molecule has 82 valence electrons. The van der Waals surface area contributed by atoms with Gasteiger partial charge in [-0.2, -0.15) is 0 Å². The minimum atomic E-state index is -0.978. The van der Waals surface area contributed by atoms with Crippen molar-refractivity contribution in [1.82, 2.24) is 9.97 Å². The first-order chi connectivity index (χ1) is 7.56. The zero-order valence-corrected chi connectivity index (χ0v) is 9.73. The van der Waals surface area contributed by atoms with Crippen LogP contribution in [0.2, 0.25) is 0 Å². The summed E-state index contributed by atoms with van der Waals surface area (Å²) in [5.74, 6) is -0.460. The van der Waals surface area contributed by atoms with Gasteiger partial charge < -0.3 is 10.8 Å². The molecule has 0 aliphatic carbocycles. The second kappa shape index (κ2) is 4.05. The number of hydrogen-bond donors (Lipinski definition) is 2. The fraction of sp³-hybridized carbons (Fsp3) is 0.100. The molecule has 0 saturated carbocycles. The minimum Gasteiger partial charge on any atom is -0.481 e. The van der Waals surface area contributed by atoms with E-state index in [2.05, 4.69) is 25.9 Å². The quantitative estimate of drug-likeness (QED) is 0.873. The molecule has 0 atom stereocenters. The molecule has 3 N–H and O–H groups in total. The van der Waals surface area contributed by atoms with Crippen LogP contribution in [0.3, 0.4) is 0 Å². The molecule has 0 aliphatic rings. The van der Waals surface area contributed by atoms with Gasteiger partial charge in [-0.05, 0) is 18.2 Å². The maximum absolute atomic E-state index is 10.6. The van der Waals surface area contributed by atoms with E-state index >= 15 is 0 Å². The van der Waals surface area contributed by atoms with Crippen molar-refractivity contribution in [1.29, 1.82) is 0 Å². The summed E-state index contributed by atoms with van der Waals surface area (Å²) < 4.78 is 0.861. The van der Waals surface area contributed by atoms with Gasteiger partial charge in [0.25, 0.3) is 0 Å². The van der Waals surface area contributed by atoms with Gasteiger partial charge in [0.05, 0.1) is 5.52 Å². The van der Waals surface area contributed by atoms with Crippen molar-refractivity contribution < 1.29 is 9.90 Å². The van der Waals surface area contributed by atoms with Crippen molar-refractivity contribution in [3.05, 3.63) is 28.5 Å². The van der Waals surface area contributed by atoms with Crippen LogP contribution in [0.5, 0.6) is 0 Å². The van der Waals surface area contributed by atoms with Crippen LogP contribution in [0.15, 0.2) is 22.7 Å². The number of hydrogen-bond acceptors (Lipinski definition) is 4. The smallest absolute Gasteiger partial charge is 0.311 e. The van der Waals surface area contributed by atoms with Crippen LogP contribution < -0.4 is 5.73 Å². The molecule has 0 aliphatic heterocycles. The minimum absolute atomic E-state index is 0.218. The third-order valence-corrected chi connectivity index (χ3v) is 2.54. The number of aromatic nitrogens is 2. The maximum Gasteiger partial charge on any atom is 0.311 e. The van der Waals surface area contributed by atoms with Crippen LogP contribution in [0.25, 0.3) is 10.9 Å². The maximum atomic E-state index is 10.6. The molecular formula is C10H8BrN3O2. The number of halogens is 1. The number of nitrogen functional groups attached to an aromatic ring is 1. The Morgan fingerprint density at radius 1 is 1.44 bits per heavy atom. The number of benzene rings is 1. The van der Waals surface area contributed by atoms with Crippen molar-refractivity contribution in [3.63, 3.8) is 0 Å². The monoisotopic (exact) mass is 281 g/mol. The Hall–Kier alpha value is -1.69. The third-order valence-electron chi connectivity index (χ3n) is 2.04. The Kier molecular flexibility index (Phi) is 2.74. The molecule has 0 spiro atoms. The van der Waals surface area contributed by atoms with E-state index in [0.717, 1.165) is 9.86 Å². The van der Waals surface area contributed by atoms with E-state index < -0.39 is 5.97 Å². The molecule has 0 fully saturated rings. The highest BCUT2D eigenvalue weighted by molar-refractivity contribution is 9.10. The van der Waals surface area contributed by atoms with Gasteiger partial charge in [-0.1, -0.05) is 15.9 Å². The van der Waals surface area contributed by atoms with Crippen LogP contribution >= 0.6 is 15.9 Å². The SMILES string of the molecule is Nc1nc(CC(=O)O)nc2cc(Br)ccc12. The molecule has 0 unspecified atom stereocenters. The number of carboxylic acid groups (broad SMARTS) is 1. The molecule has 5 nitrogen and oxygen atoms in total. The molecule has 0 saturated heterocycles. The van der Waals surface area contributed by atoms with Crippen LogP contribution in [0.4, 0.5) is 5.82 Å². The number of nitrogens with two attached hydrogens (primary N) is 1. The summed E-state index contributed by atoms with van der Waals surface area (Å²) >= 11 is 3.31. The second-order valence-electron chi connectivity index (χ2n) is 3.26. The highest BCUT2D eigenvalue weighted by atomic mass is 79.9. The van der Waals surface area contributed by atoms with Gasteiger partial charge in [0.2, 0.25) is 0 Å². The number of fused-ring (bicyclic) bond motifs is 1. The molecule has 1 heterocycles. The van der Waals surface area contributed by atoms with Gasteiger partial charge in [-0.15, -0.1) is 0 Å². The van der Waals surface area contributed by atoms with E-state index in [1.54, 1.807) is 12.1 Å². The fourth-order valence-electron chi connectivity index (χ4n) is 1.39. The second-order valence-corrected chi connectivity index (χ2v) is 4.17. The summed E-state index contributed by atoms with van der Waals surface area (Å²) in [4.78, 5) is 18.6. The van der Waals surface area contributed by atoms with Crippen molar-refractivity contribution in [2.24, 2.45) is 0 Å². The standard InChI is InChI=1S/C10H8BrN3O2/c11-5-1-2-6-7(3-5)13-8(4-9(15)16)14-10(6)12/h1-3H,4H2,(H,15,16)(H2,12,13,14). The lowest BCUT2D eigenvalue weighted by molar-refractivity contribution is -0.136. The number of aliphatic carboxylic acids is 1. The molecule has 1 aromatic heterocycles. The first kappa shape index (κ1) is 10.8. The van der Waals surface area contributed by atoms with E-state index in [-0.39, 0.29) is 12.2 Å². The Morgan fingerprint density at radius 3 is 2.88 bits per heavy atom. The van der Waals surface area contributed by atoms with Crippen molar-refractivity contribution >= 4 is 38.6 Å². The Labute approximate surface area is 99.4 Å². The number of carboxylic acids is 1. The van der Waals surface area contributed by atoms with Crippen molar-refractivity contribution in [3.8, 4) is 0 Å². The number of rotatable bonds is 2. The summed E-state index contributed by atoms with van der Waals surface area (Å²) in [5.41, 5.74) is 6.36. The van der Waals surface area contributed by atoms with Crippen LogP contribution in [0, 0.1) is 0 Å². The zero-order valence-electron chi connectivity index (χ0n) is 8.14. The lowest BCUT2D eigenvalue weighted by Crippen LogP contribution is -2.07. The topological polar surface area (TPSA) is 89.1 Å². The predicted octanol–water partition coefficient (Wildman–Crippen LogP) is 1.60. The Balaban J connectivity index is 2.60. The van der Waals surface area contributed by atoms with E-state index in [1.807, 2.05) is 6.07 Å². The molecule has 0 radical (unpaired) electrons. The van der Waals surface area contributed by atoms with Gasteiger partial charge in [0.15, 0.2) is 0 Å². The van der Waals surface area contributed by atoms with Crippen LogP contribution in [0.1, 0.15) is 5.82 Å². The van der Waals surface area contributed by atoms with E-state index in [0.29, 0.717) is 11.3 Å². The first-order valence-electron chi connectivity index (χ1n) is 4.49. The molecule has 0 amide bonds. The Morgan fingerprint density at radius 2 is 2.19 bits per heavy atom. The predicted molar refractivity (Wildman–Crippen MR) is 63.0 cm³/mol. The first-order valence-corrected chi connectivity index (χ1v) is 5.29. The molecular weight excluding hydrogens is 274 g/mol.